The SMILES string of the molecule is CN=C(NCc1ccc(OC)c(NC(C)=O)c1)N1CCC(Oc2ccccc2)CC1.I. The molecule has 7 nitrogen and oxygen atoms in total. The van der Waals surface area contributed by atoms with Gasteiger partial charge in [0, 0.05) is 46.4 Å². The van der Waals surface area contributed by atoms with E-state index in [0.29, 0.717) is 18.0 Å². The summed E-state index contributed by atoms with van der Waals surface area (Å²) in [5.41, 5.74) is 1.70. The standard InChI is InChI=1S/C23H30N4O3.HI/c1-17(28)26-21-15-18(9-10-22(21)29-3)16-25-23(24-2)27-13-11-20(12-14-27)30-19-7-5-4-6-8-19;/h4-10,15,20H,11-14,16H2,1-3H3,(H,24,25)(H,26,28);1H. The Morgan fingerprint density at radius 1 is 1.16 bits per heavy atom. The van der Waals surface area contributed by atoms with Crippen LogP contribution in [0, 0.1) is 0 Å². The van der Waals surface area contributed by atoms with Gasteiger partial charge in [-0.25, -0.2) is 0 Å². The van der Waals surface area contributed by atoms with Gasteiger partial charge in [0.1, 0.15) is 17.6 Å². The Bertz CT molecular complexity index is 868. The topological polar surface area (TPSA) is 75.2 Å². The zero-order chi connectivity index (χ0) is 21.3. The third-order valence-corrected chi connectivity index (χ3v) is 5.02. The highest BCUT2D eigenvalue weighted by molar-refractivity contribution is 14.0. The minimum atomic E-state index is -0.130. The minimum Gasteiger partial charge on any atom is -0.495 e. The van der Waals surface area contributed by atoms with E-state index in [2.05, 4.69) is 20.5 Å². The lowest BCUT2D eigenvalue weighted by atomic mass is 10.1. The number of piperidine rings is 1. The number of carbonyl (C=O) groups excluding carboxylic acids is 1. The first-order chi connectivity index (χ1) is 14.6. The van der Waals surface area contributed by atoms with E-state index in [9.17, 15) is 4.79 Å². The number of nitrogens with zero attached hydrogens (tertiary/aromatic N) is 2. The first-order valence-corrected chi connectivity index (χ1v) is 10.2. The quantitative estimate of drug-likeness (QED) is 0.332. The number of hydrogen-bond donors (Lipinski definition) is 2. The van der Waals surface area contributed by atoms with E-state index in [1.807, 2.05) is 48.5 Å². The molecule has 31 heavy (non-hydrogen) atoms. The Morgan fingerprint density at radius 3 is 2.48 bits per heavy atom. The molecule has 2 aromatic carbocycles. The van der Waals surface area contributed by atoms with Crippen LogP contribution in [0.3, 0.4) is 0 Å². The molecule has 8 heteroatoms. The van der Waals surface area contributed by atoms with E-state index >= 15 is 0 Å². The molecule has 0 aliphatic carbocycles. The summed E-state index contributed by atoms with van der Waals surface area (Å²) < 4.78 is 11.4. The van der Waals surface area contributed by atoms with E-state index in [1.165, 1.54) is 6.92 Å². The Morgan fingerprint density at radius 2 is 1.87 bits per heavy atom. The largest absolute Gasteiger partial charge is 0.495 e. The number of rotatable bonds is 6. The van der Waals surface area contributed by atoms with E-state index in [0.717, 1.165) is 43.2 Å². The predicted octanol–water partition coefficient (Wildman–Crippen LogP) is 3.89. The summed E-state index contributed by atoms with van der Waals surface area (Å²) in [4.78, 5) is 18.1. The lowest BCUT2D eigenvalue weighted by molar-refractivity contribution is -0.114. The van der Waals surface area contributed by atoms with Gasteiger partial charge in [-0.05, 0) is 29.8 Å². The van der Waals surface area contributed by atoms with Crippen molar-refractivity contribution in [3.63, 3.8) is 0 Å². The lowest BCUT2D eigenvalue weighted by Gasteiger charge is -2.34. The molecule has 1 fully saturated rings. The van der Waals surface area contributed by atoms with Crippen molar-refractivity contribution in [2.45, 2.75) is 32.4 Å². The zero-order valence-corrected chi connectivity index (χ0v) is 20.6. The normalized spacial score (nSPS) is 14.4. The second-order valence-electron chi connectivity index (χ2n) is 7.23. The van der Waals surface area contributed by atoms with Crippen LogP contribution in [0.4, 0.5) is 5.69 Å². The predicted molar refractivity (Wildman–Crippen MR) is 135 cm³/mol. The molecule has 0 atom stereocenters. The van der Waals surface area contributed by atoms with E-state index in [-0.39, 0.29) is 36.0 Å². The molecule has 1 aliphatic heterocycles. The van der Waals surface area contributed by atoms with Crippen molar-refractivity contribution in [2.24, 2.45) is 4.99 Å². The number of carbonyl (C=O) groups is 1. The van der Waals surface area contributed by atoms with Crippen LogP contribution in [-0.4, -0.2) is 50.1 Å². The van der Waals surface area contributed by atoms with Gasteiger partial charge in [0.25, 0.3) is 0 Å². The summed E-state index contributed by atoms with van der Waals surface area (Å²) in [6.07, 6.45) is 2.12. The molecular weight excluding hydrogens is 507 g/mol. The number of halogens is 1. The van der Waals surface area contributed by atoms with Crippen molar-refractivity contribution in [1.82, 2.24) is 10.2 Å². The van der Waals surface area contributed by atoms with Gasteiger partial charge in [0.05, 0.1) is 12.8 Å². The van der Waals surface area contributed by atoms with Gasteiger partial charge in [-0.15, -0.1) is 24.0 Å². The minimum absolute atomic E-state index is 0. The number of ether oxygens (including phenoxy) is 2. The van der Waals surface area contributed by atoms with Crippen LogP contribution in [0.25, 0.3) is 0 Å². The second kappa shape index (κ2) is 12.4. The molecule has 1 saturated heterocycles. The van der Waals surface area contributed by atoms with Gasteiger partial charge in [0.2, 0.25) is 5.91 Å². The molecular formula is C23H31IN4O3. The highest BCUT2D eigenvalue weighted by Gasteiger charge is 2.22. The maximum Gasteiger partial charge on any atom is 0.221 e. The number of guanidine groups is 1. The molecule has 0 unspecified atom stereocenters. The van der Waals surface area contributed by atoms with E-state index in [4.69, 9.17) is 9.47 Å². The Hall–Kier alpha value is -2.49. The molecule has 0 spiro atoms. The number of benzene rings is 2. The van der Waals surface area contributed by atoms with Gasteiger partial charge in [-0.3, -0.25) is 9.79 Å². The smallest absolute Gasteiger partial charge is 0.221 e. The highest BCUT2D eigenvalue weighted by atomic mass is 127. The second-order valence-corrected chi connectivity index (χ2v) is 7.23. The third kappa shape index (κ3) is 7.30. The summed E-state index contributed by atoms with van der Waals surface area (Å²) in [6.45, 7) is 3.86. The molecule has 1 amide bonds. The maximum atomic E-state index is 11.4. The number of anilines is 1. The first-order valence-electron chi connectivity index (χ1n) is 10.2. The van der Waals surface area contributed by atoms with Crippen LogP contribution >= 0.6 is 24.0 Å². The number of nitrogens with one attached hydrogen (secondary N) is 2. The van der Waals surface area contributed by atoms with Gasteiger partial charge in [-0.1, -0.05) is 24.3 Å². The maximum absolute atomic E-state index is 11.4. The van der Waals surface area contributed by atoms with Crippen molar-refractivity contribution < 1.29 is 14.3 Å². The van der Waals surface area contributed by atoms with E-state index < -0.39 is 0 Å². The molecule has 1 aliphatic rings. The molecule has 1 heterocycles. The molecule has 0 saturated carbocycles. The molecule has 0 radical (unpaired) electrons. The molecule has 0 aromatic heterocycles. The summed E-state index contributed by atoms with van der Waals surface area (Å²) in [7, 11) is 3.39. The Labute approximate surface area is 201 Å². The average Bonchev–Trinajstić information content (AvgIpc) is 2.76. The number of methoxy groups -OCH3 is 1. The summed E-state index contributed by atoms with van der Waals surface area (Å²) in [6, 6.07) is 15.7. The monoisotopic (exact) mass is 538 g/mol. The Kier molecular flexibility index (Phi) is 9.90. The lowest BCUT2D eigenvalue weighted by Crippen LogP contribution is -2.47. The fourth-order valence-corrected chi connectivity index (χ4v) is 3.54. The number of aliphatic imine (C=N–C) groups is 1. The molecule has 3 rings (SSSR count). The van der Waals surface area contributed by atoms with Crippen LogP contribution in [0.2, 0.25) is 0 Å². The fourth-order valence-electron chi connectivity index (χ4n) is 3.54. The van der Waals surface area contributed by atoms with Gasteiger partial charge in [0.15, 0.2) is 5.96 Å². The third-order valence-electron chi connectivity index (χ3n) is 5.02. The molecule has 2 N–H and O–H groups in total. The van der Waals surface area contributed by atoms with Gasteiger partial charge >= 0.3 is 0 Å². The van der Waals surface area contributed by atoms with Crippen molar-refractivity contribution in [3.05, 3.63) is 54.1 Å². The number of amides is 1. The molecule has 2 aromatic rings. The number of para-hydroxylation sites is 1. The van der Waals surface area contributed by atoms with Crippen LogP contribution in [0.1, 0.15) is 25.3 Å². The van der Waals surface area contributed by atoms with Crippen molar-refractivity contribution in [1.29, 1.82) is 0 Å². The van der Waals surface area contributed by atoms with Crippen LogP contribution < -0.4 is 20.1 Å². The van der Waals surface area contributed by atoms with Crippen LogP contribution in [0.5, 0.6) is 11.5 Å². The first kappa shape index (κ1) is 24.8. The summed E-state index contributed by atoms with van der Waals surface area (Å²) in [5.74, 6) is 2.30. The number of likely N-dealkylation sites (tertiary alicyclic amines) is 1. The summed E-state index contributed by atoms with van der Waals surface area (Å²) in [5, 5.41) is 6.23. The fraction of sp³-hybridized carbons (Fsp3) is 0.391. The summed E-state index contributed by atoms with van der Waals surface area (Å²) >= 11 is 0. The van der Waals surface area contributed by atoms with Crippen molar-refractivity contribution >= 4 is 41.5 Å². The van der Waals surface area contributed by atoms with Crippen molar-refractivity contribution in [3.8, 4) is 11.5 Å². The van der Waals surface area contributed by atoms with Gasteiger partial charge in [-0.2, -0.15) is 0 Å². The van der Waals surface area contributed by atoms with E-state index in [1.54, 1.807) is 14.2 Å². The Balaban J connectivity index is 0.00000341. The van der Waals surface area contributed by atoms with Gasteiger partial charge < -0.3 is 25.0 Å². The van der Waals surface area contributed by atoms with Crippen molar-refractivity contribution in [2.75, 3.05) is 32.6 Å². The number of hydrogen-bond acceptors (Lipinski definition) is 4. The molecule has 0 bridgehead atoms. The van der Waals surface area contributed by atoms with Crippen LogP contribution in [0.15, 0.2) is 53.5 Å². The highest BCUT2D eigenvalue weighted by Crippen LogP contribution is 2.25. The zero-order valence-electron chi connectivity index (χ0n) is 18.3. The average molecular weight is 538 g/mol. The van der Waals surface area contributed by atoms with Crippen LogP contribution in [-0.2, 0) is 11.3 Å². The molecule has 168 valence electrons.